The van der Waals surface area contributed by atoms with Gasteiger partial charge in [-0.25, -0.2) is 0 Å². The Morgan fingerprint density at radius 1 is 0.203 bits per heavy atom. The lowest BCUT2D eigenvalue weighted by Crippen LogP contribution is -1.89. The van der Waals surface area contributed by atoms with E-state index in [0.29, 0.717) is 11.8 Å². The summed E-state index contributed by atoms with van der Waals surface area (Å²) in [6.07, 6.45) is 0. The lowest BCUT2D eigenvalue weighted by molar-refractivity contribution is 0.584. The molecule has 0 fully saturated rings. The van der Waals surface area contributed by atoms with Crippen molar-refractivity contribution in [1.29, 1.82) is 0 Å². The Hall–Kier alpha value is -9.18. The Balaban J connectivity index is 0.890. The lowest BCUT2D eigenvalue weighted by Gasteiger charge is -2.15. The van der Waals surface area contributed by atoms with Crippen molar-refractivity contribution in [2.45, 2.75) is 0 Å². The van der Waals surface area contributed by atoms with Crippen LogP contribution in [0.3, 0.4) is 0 Å². The summed E-state index contributed by atoms with van der Waals surface area (Å²) in [5, 5.41) is 19.0. The van der Waals surface area contributed by atoms with Crippen molar-refractivity contribution in [2.24, 2.45) is 0 Å². The van der Waals surface area contributed by atoms with Crippen LogP contribution in [0.5, 0.6) is 0 Å². The molecule has 0 saturated carbocycles. The smallest absolute Gasteiger partial charge is 0.248 e. The van der Waals surface area contributed by atoms with E-state index in [1.807, 2.05) is 12.1 Å². The van der Waals surface area contributed by atoms with Gasteiger partial charge in [-0.2, -0.15) is 0 Å². The second-order valence-electron chi connectivity index (χ2n) is 17.8. The van der Waals surface area contributed by atoms with Crippen LogP contribution in [-0.4, -0.2) is 10.2 Å². The first-order valence-corrected chi connectivity index (χ1v) is 23.4. The third-order valence-corrected chi connectivity index (χ3v) is 13.6. The molecule has 13 aromatic rings. The summed E-state index contributed by atoms with van der Waals surface area (Å²) in [6.45, 7) is 0. The highest BCUT2D eigenvalue weighted by molar-refractivity contribution is 6.03. The summed E-state index contributed by atoms with van der Waals surface area (Å²) >= 11 is 0. The number of aromatic nitrogens is 2. The average Bonchev–Trinajstić information content (AvgIpc) is 3.93. The molecular formula is C66H42N2O. The Morgan fingerprint density at radius 3 is 0.783 bits per heavy atom. The third kappa shape index (κ3) is 7.43. The summed E-state index contributed by atoms with van der Waals surface area (Å²) in [4.78, 5) is 0. The van der Waals surface area contributed by atoms with Crippen molar-refractivity contribution < 1.29 is 4.42 Å². The van der Waals surface area contributed by atoms with Crippen LogP contribution in [-0.2, 0) is 0 Å². The fourth-order valence-electron chi connectivity index (χ4n) is 10.2. The zero-order valence-corrected chi connectivity index (χ0v) is 37.6. The third-order valence-electron chi connectivity index (χ3n) is 13.6. The molecule has 13 rings (SSSR count). The second-order valence-corrected chi connectivity index (χ2v) is 17.8. The van der Waals surface area contributed by atoms with Gasteiger partial charge < -0.3 is 4.42 Å². The minimum absolute atomic E-state index is 0.466. The highest BCUT2D eigenvalue weighted by Crippen LogP contribution is 2.41. The van der Waals surface area contributed by atoms with Crippen LogP contribution in [0.15, 0.2) is 259 Å². The molecular weight excluding hydrogens is 837 g/mol. The van der Waals surface area contributed by atoms with Gasteiger partial charge in [0, 0.05) is 11.1 Å². The highest BCUT2D eigenvalue weighted by atomic mass is 16.4. The highest BCUT2D eigenvalue weighted by Gasteiger charge is 2.17. The predicted molar refractivity (Wildman–Crippen MR) is 288 cm³/mol. The van der Waals surface area contributed by atoms with Crippen LogP contribution in [0, 0.1) is 0 Å². The molecule has 0 bridgehead atoms. The van der Waals surface area contributed by atoms with Crippen molar-refractivity contribution >= 4 is 43.1 Å². The molecule has 0 amide bonds. The molecule has 0 N–H and O–H groups in total. The SMILES string of the molecule is c1cc(-c2cc(-c3cccc4ccccc34)cc(-c3cccc4ccccc34)c2)cc(-c2nnc(-c3cccc(-c4cc(-c5cccc6ccccc56)cc(-c5cccc6ccccc56)c4)c3)o2)c1. The van der Waals surface area contributed by atoms with Crippen LogP contribution >= 0.6 is 0 Å². The second kappa shape index (κ2) is 16.9. The first-order valence-electron chi connectivity index (χ1n) is 23.4. The Bertz CT molecular complexity index is 3620. The number of hydrogen-bond acceptors (Lipinski definition) is 3. The minimum atomic E-state index is 0.466. The molecule has 0 spiro atoms. The van der Waals surface area contributed by atoms with Crippen molar-refractivity contribution in [3.8, 4) is 89.7 Å². The van der Waals surface area contributed by atoms with Gasteiger partial charge in [0.15, 0.2) is 0 Å². The molecule has 3 heteroatoms. The zero-order valence-electron chi connectivity index (χ0n) is 37.6. The number of nitrogens with zero attached hydrogens (tertiary/aromatic N) is 2. The topological polar surface area (TPSA) is 38.9 Å². The molecule has 0 saturated heterocycles. The molecule has 1 aromatic heterocycles. The van der Waals surface area contributed by atoms with Gasteiger partial charge in [-0.3, -0.25) is 0 Å². The van der Waals surface area contributed by atoms with E-state index in [-0.39, 0.29) is 0 Å². The molecule has 0 unspecified atom stereocenters. The molecule has 1 heterocycles. The molecule has 0 aliphatic heterocycles. The molecule has 322 valence electrons. The van der Waals surface area contributed by atoms with E-state index >= 15 is 0 Å². The number of rotatable bonds is 8. The summed E-state index contributed by atoms with van der Waals surface area (Å²) in [5.41, 5.74) is 15.4. The molecule has 0 radical (unpaired) electrons. The van der Waals surface area contributed by atoms with Gasteiger partial charge in [0.1, 0.15) is 0 Å². The average molecular weight is 879 g/mol. The number of fused-ring (bicyclic) bond motifs is 4. The molecule has 12 aromatic carbocycles. The van der Waals surface area contributed by atoms with Gasteiger partial charge in [-0.15, -0.1) is 10.2 Å². The van der Waals surface area contributed by atoms with Crippen LogP contribution in [0.25, 0.3) is 133 Å². The largest absolute Gasteiger partial charge is 0.416 e. The number of benzene rings is 12. The summed E-state index contributed by atoms with van der Waals surface area (Å²) in [5.74, 6) is 0.931. The van der Waals surface area contributed by atoms with Gasteiger partial charge in [-0.05, 0) is 171 Å². The van der Waals surface area contributed by atoms with Crippen LogP contribution in [0.2, 0.25) is 0 Å². The van der Waals surface area contributed by atoms with Crippen LogP contribution in [0.4, 0.5) is 0 Å². The van der Waals surface area contributed by atoms with Crippen LogP contribution < -0.4 is 0 Å². The molecule has 0 atom stereocenters. The van der Waals surface area contributed by atoms with Crippen LogP contribution in [0.1, 0.15) is 0 Å². The van der Waals surface area contributed by atoms with Gasteiger partial charge in [0.25, 0.3) is 0 Å². The van der Waals surface area contributed by atoms with E-state index in [0.717, 1.165) is 55.6 Å². The maximum atomic E-state index is 6.58. The minimum Gasteiger partial charge on any atom is -0.416 e. The monoisotopic (exact) mass is 878 g/mol. The first-order chi connectivity index (χ1) is 34.2. The first kappa shape index (κ1) is 40.1. The van der Waals surface area contributed by atoms with Gasteiger partial charge in [0.2, 0.25) is 11.8 Å². The van der Waals surface area contributed by atoms with E-state index in [9.17, 15) is 0 Å². The standard InChI is InChI=1S/C66H42N2O/c1-5-27-57-43(15-1)19-11-31-61(57)53-37-51(38-54(41-53)62-32-12-20-44-16-2-6-28-58(44)62)47-23-9-25-49(35-47)65-67-68-66(69-65)50-26-10-24-48(36-50)52-39-55(63-33-13-21-45-17-3-7-29-59(45)63)42-56(40-52)64-34-14-22-46-18-4-8-30-60(46)64/h1-42H. The zero-order chi connectivity index (χ0) is 45.7. The van der Waals surface area contributed by atoms with E-state index < -0.39 is 0 Å². The maximum absolute atomic E-state index is 6.58. The molecule has 0 aliphatic rings. The summed E-state index contributed by atoms with van der Waals surface area (Å²) in [7, 11) is 0. The molecule has 69 heavy (non-hydrogen) atoms. The fraction of sp³-hybridized carbons (Fsp3) is 0. The Labute approximate surface area is 400 Å². The van der Waals surface area contributed by atoms with Crippen molar-refractivity contribution in [3.63, 3.8) is 0 Å². The lowest BCUT2D eigenvalue weighted by atomic mass is 9.89. The van der Waals surface area contributed by atoms with E-state index in [1.165, 1.54) is 65.3 Å². The quantitative estimate of drug-likeness (QED) is 0.153. The normalized spacial score (nSPS) is 11.5. The van der Waals surface area contributed by atoms with E-state index in [2.05, 4.69) is 253 Å². The summed E-state index contributed by atoms with van der Waals surface area (Å²) < 4.78 is 6.58. The van der Waals surface area contributed by atoms with Crippen molar-refractivity contribution in [3.05, 3.63) is 255 Å². The predicted octanol–water partition coefficient (Wildman–Crippen LogP) is 18.0. The molecule has 3 nitrogen and oxygen atoms in total. The van der Waals surface area contributed by atoms with E-state index in [1.54, 1.807) is 0 Å². The number of hydrogen-bond donors (Lipinski definition) is 0. The summed E-state index contributed by atoms with van der Waals surface area (Å²) in [6, 6.07) is 91.5. The fourth-order valence-corrected chi connectivity index (χ4v) is 10.2. The molecule has 0 aliphatic carbocycles. The van der Waals surface area contributed by atoms with Gasteiger partial charge in [-0.1, -0.05) is 194 Å². The van der Waals surface area contributed by atoms with Gasteiger partial charge >= 0.3 is 0 Å². The van der Waals surface area contributed by atoms with E-state index in [4.69, 9.17) is 4.42 Å². The Kier molecular flexibility index (Phi) is 9.84. The Morgan fingerprint density at radius 2 is 0.449 bits per heavy atom. The van der Waals surface area contributed by atoms with Gasteiger partial charge in [0.05, 0.1) is 0 Å². The van der Waals surface area contributed by atoms with Crippen molar-refractivity contribution in [2.75, 3.05) is 0 Å². The maximum Gasteiger partial charge on any atom is 0.248 e. The van der Waals surface area contributed by atoms with Crippen molar-refractivity contribution in [1.82, 2.24) is 10.2 Å².